The van der Waals surface area contributed by atoms with Crippen LogP contribution in [0.4, 0.5) is 0 Å². The number of carboxylic acid groups (broad SMARTS) is 1. The van der Waals surface area contributed by atoms with Crippen LogP contribution in [0.2, 0.25) is 0 Å². The maximum absolute atomic E-state index is 13.6. The average molecular weight is 670 g/mol. The first kappa shape index (κ1) is 37.8. The van der Waals surface area contributed by atoms with Crippen molar-refractivity contribution in [1.82, 2.24) is 25.8 Å². The van der Waals surface area contributed by atoms with Crippen LogP contribution in [-0.4, -0.2) is 82.2 Å². The Balaban J connectivity index is 1.66. The second-order valence-corrected chi connectivity index (χ2v) is 14.1. The molecule has 258 valence electrons. The fourth-order valence-electron chi connectivity index (χ4n) is 5.76. The summed E-state index contributed by atoms with van der Waals surface area (Å²) in [5.41, 5.74) is 1.04. The van der Waals surface area contributed by atoms with Gasteiger partial charge in [0.1, 0.15) is 11.7 Å². The number of aromatic nitrogens is 1. The lowest BCUT2D eigenvalue weighted by Gasteiger charge is -2.34. The van der Waals surface area contributed by atoms with Crippen LogP contribution >= 0.6 is 11.3 Å². The Morgan fingerprint density at radius 2 is 1.72 bits per heavy atom. The number of carboxylic acids is 1. The molecule has 1 aromatic heterocycles. The van der Waals surface area contributed by atoms with Crippen LogP contribution in [0.25, 0.3) is 0 Å². The van der Waals surface area contributed by atoms with Gasteiger partial charge in [-0.05, 0) is 56.7 Å². The number of thiazole rings is 1. The standard InChI is InChI=1S/C35H51N5O6S/c1-7-22(4)30(39-32(43)28-15-11-12-16-40(28)6)33(44)37-26(21(2)3)19-29(41)34-38-27(20-47-34)31(42)36-25(17-23(5)35(45)46)18-24-13-9-8-10-14-24/h8-10,13-14,20-23,25-26,28,30H,7,11-12,15-19H2,1-6H3,(H,36,42)(H,37,44)(H,39,43)(H,45,46)/t22-,23-,25+,26+,28-,30-/m0/s1. The first-order valence-electron chi connectivity index (χ1n) is 16.7. The van der Waals surface area contributed by atoms with Gasteiger partial charge in [0, 0.05) is 23.9 Å². The molecule has 1 saturated heterocycles. The van der Waals surface area contributed by atoms with Gasteiger partial charge in [0.2, 0.25) is 11.8 Å². The number of carbonyl (C=O) groups excluding carboxylic acids is 4. The van der Waals surface area contributed by atoms with E-state index in [2.05, 4.69) is 20.9 Å². The normalized spacial score (nSPS) is 18.4. The van der Waals surface area contributed by atoms with Crippen molar-refractivity contribution in [2.45, 2.75) is 104 Å². The molecule has 3 amide bonds. The van der Waals surface area contributed by atoms with Gasteiger partial charge in [0.15, 0.2) is 10.8 Å². The predicted octanol–water partition coefficient (Wildman–Crippen LogP) is 4.32. The van der Waals surface area contributed by atoms with Crippen molar-refractivity contribution in [3.8, 4) is 0 Å². The number of nitrogens with one attached hydrogen (secondary N) is 3. The second-order valence-electron chi connectivity index (χ2n) is 13.2. The van der Waals surface area contributed by atoms with E-state index in [0.29, 0.717) is 12.8 Å². The van der Waals surface area contributed by atoms with Gasteiger partial charge in [0.25, 0.3) is 5.91 Å². The van der Waals surface area contributed by atoms with Crippen LogP contribution in [0.5, 0.6) is 0 Å². The average Bonchev–Trinajstić information content (AvgIpc) is 3.54. The van der Waals surface area contributed by atoms with Gasteiger partial charge in [-0.15, -0.1) is 11.3 Å². The Morgan fingerprint density at radius 3 is 2.34 bits per heavy atom. The molecule has 12 heteroatoms. The summed E-state index contributed by atoms with van der Waals surface area (Å²) in [6, 6.07) is 7.54. The molecule has 0 saturated carbocycles. The summed E-state index contributed by atoms with van der Waals surface area (Å²) in [6.45, 7) is 10.2. The van der Waals surface area contributed by atoms with E-state index in [1.807, 2.05) is 70.0 Å². The number of hydrogen-bond acceptors (Lipinski definition) is 8. The maximum Gasteiger partial charge on any atom is 0.306 e. The molecule has 47 heavy (non-hydrogen) atoms. The van der Waals surface area contributed by atoms with Crippen molar-refractivity contribution in [2.24, 2.45) is 17.8 Å². The topological polar surface area (TPSA) is 158 Å². The minimum absolute atomic E-state index is 0.0166. The van der Waals surface area contributed by atoms with Crippen LogP contribution in [0.1, 0.15) is 99.0 Å². The Hall–Kier alpha value is -3.64. The summed E-state index contributed by atoms with van der Waals surface area (Å²) in [5.74, 6) is -3.07. The summed E-state index contributed by atoms with van der Waals surface area (Å²) in [7, 11) is 1.93. The van der Waals surface area contributed by atoms with Gasteiger partial charge in [0.05, 0.1) is 12.0 Å². The molecule has 1 aliphatic rings. The number of benzene rings is 1. The van der Waals surface area contributed by atoms with Crippen molar-refractivity contribution < 1.29 is 29.1 Å². The highest BCUT2D eigenvalue weighted by atomic mass is 32.1. The lowest BCUT2D eigenvalue weighted by Crippen LogP contribution is -2.57. The molecule has 0 bridgehead atoms. The van der Waals surface area contributed by atoms with Gasteiger partial charge < -0.3 is 21.1 Å². The molecule has 1 aromatic carbocycles. The highest BCUT2D eigenvalue weighted by molar-refractivity contribution is 7.11. The maximum atomic E-state index is 13.6. The molecule has 0 spiro atoms. The van der Waals surface area contributed by atoms with E-state index in [0.717, 1.165) is 42.7 Å². The predicted molar refractivity (Wildman–Crippen MR) is 182 cm³/mol. The highest BCUT2D eigenvalue weighted by Gasteiger charge is 2.34. The van der Waals surface area contributed by atoms with E-state index < -0.39 is 35.9 Å². The zero-order valence-electron chi connectivity index (χ0n) is 28.5. The minimum atomic E-state index is -0.944. The van der Waals surface area contributed by atoms with Crippen molar-refractivity contribution in [2.75, 3.05) is 13.6 Å². The molecule has 2 aromatic rings. The van der Waals surface area contributed by atoms with E-state index in [-0.39, 0.29) is 59.0 Å². The quantitative estimate of drug-likeness (QED) is 0.181. The molecule has 1 aliphatic heterocycles. The Labute approximate surface area is 282 Å². The van der Waals surface area contributed by atoms with E-state index in [1.165, 1.54) is 5.38 Å². The number of carbonyl (C=O) groups is 5. The Kier molecular flexibility index (Phi) is 14.5. The number of nitrogens with zero attached hydrogens (tertiary/aromatic N) is 2. The van der Waals surface area contributed by atoms with Crippen LogP contribution < -0.4 is 16.0 Å². The number of likely N-dealkylation sites (tertiary alicyclic amines) is 1. The number of Topliss-reactive ketones (excluding diaryl/α,β-unsaturated/α-hetero) is 1. The van der Waals surface area contributed by atoms with Crippen LogP contribution in [0.3, 0.4) is 0 Å². The lowest BCUT2D eigenvalue weighted by molar-refractivity contribution is -0.141. The summed E-state index contributed by atoms with van der Waals surface area (Å²) in [6.07, 6.45) is 4.13. The molecule has 1 fully saturated rings. The molecule has 3 rings (SSSR count). The highest BCUT2D eigenvalue weighted by Crippen LogP contribution is 2.20. The van der Waals surface area contributed by atoms with Gasteiger partial charge in [-0.2, -0.15) is 0 Å². The van der Waals surface area contributed by atoms with Crippen molar-refractivity contribution in [3.63, 3.8) is 0 Å². The van der Waals surface area contributed by atoms with E-state index in [1.54, 1.807) is 6.92 Å². The fraction of sp³-hybridized carbons (Fsp3) is 0.600. The van der Waals surface area contributed by atoms with Gasteiger partial charge >= 0.3 is 5.97 Å². The van der Waals surface area contributed by atoms with Crippen LogP contribution in [0, 0.1) is 17.8 Å². The number of ketones is 1. The molecule has 0 aliphatic carbocycles. The monoisotopic (exact) mass is 669 g/mol. The number of hydrogen-bond donors (Lipinski definition) is 4. The number of likely N-dealkylation sites (N-methyl/N-ethyl adjacent to an activating group) is 1. The smallest absolute Gasteiger partial charge is 0.306 e. The summed E-state index contributed by atoms with van der Waals surface area (Å²) >= 11 is 1.06. The largest absolute Gasteiger partial charge is 0.481 e. The van der Waals surface area contributed by atoms with Gasteiger partial charge in [-0.3, -0.25) is 28.9 Å². The molecule has 6 atom stereocenters. The number of aliphatic carboxylic acids is 1. The third-order valence-electron chi connectivity index (χ3n) is 9.10. The first-order chi connectivity index (χ1) is 22.3. The number of rotatable bonds is 17. The molecular weight excluding hydrogens is 618 g/mol. The fourth-order valence-corrected chi connectivity index (χ4v) is 6.50. The third-order valence-corrected chi connectivity index (χ3v) is 9.98. The first-order valence-corrected chi connectivity index (χ1v) is 17.6. The summed E-state index contributed by atoms with van der Waals surface area (Å²) in [4.78, 5) is 71.2. The van der Waals surface area contributed by atoms with Gasteiger partial charge in [-0.25, -0.2) is 4.98 Å². The zero-order chi connectivity index (χ0) is 34.7. The Bertz CT molecular complexity index is 1370. The molecule has 11 nitrogen and oxygen atoms in total. The molecule has 2 heterocycles. The second kappa shape index (κ2) is 18.1. The van der Waals surface area contributed by atoms with E-state index in [4.69, 9.17) is 0 Å². The van der Waals surface area contributed by atoms with Crippen molar-refractivity contribution in [1.29, 1.82) is 0 Å². The van der Waals surface area contributed by atoms with Crippen molar-refractivity contribution >= 4 is 40.8 Å². The van der Waals surface area contributed by atoms with Crippen LogP contribution in [0.15, 0.2) is 35.7 Å². The SMILES string of the molecule is CC[C@H](C)[C@H](NC(=O)[C@@H]1CCCCN1C)C(=O)N[C@H](CC(=O)c1nc(C(=O)N[C@@H](Cc2ccccc2)C[C@H](C)C(=O)O)cs1)C(C)C. The van der Waals surface area contributed by atoms with Gasteiger partial charge in [-0.1, -0.05) is 77.8 Å². The minimum Gasteiger partial charge on any atom is -0.481 e. The summed E-state index contributed by atoms with van der Waals surface area (Å²) < 4.78 is 0. The number of amides is 3. The lowest BCUT2D eigenvalue weighted by atomic mass is 9.94. The molecular formula is C35H51N5O6S. The molecule has 0 radical (unpaired) electrons. The Morgan fingerprint density at radius 1 is 1.02 bits per heavy atom. The van der Waals surface area contributed by atoms with E-state index in [9.17, 15) is 29.1 Å². The molecule has 4 N–H and O–H groups in total. The van der Waals surface area contributed by atoms with Crippen LogP contribution in [-0.2, 0) is 20.8 Å². The third kappa shape index (κ3) is 11.2. The van der Waals surface area contributed by atoms with Crippen molar-refractivity contribution in [3.05, 3.63) is 52.0 Å². The van der Waals surface area contributed by atoms with E-state index >= 15 is 0 Å². The molecule has 0 unspecified atom stereocenters. The zero-order valence-corrected chi connectivity index (χ0v) is 29.3. The number of piperidine rings is 1. The summed E-state index contributed by atoms with van der Waals surface area (Å²) in [5, 5.41) is 20.0.